The van der Waals surface area contributed by atoms with Crippen molar-refractivity contribution >= 4 is 11.6 Å². The fourth-order valence-corrected chi connectivity index (χ4v) is 1.25. The van der Waals surface area contributed by atoms with Gasteiger partial charge in [0.1, 0.15) is 0 Å². The van der Waals surface area contributed by atoms with E-state index in [0.717, 1.165) is 6.54 Å². The van der Waals surface area contributed by atoms with E-state index in [0.29, 0.717) is 11.9 Å². The summed E-state index contributed by atoms with van der Waals surface area (Å²) >= 11 is 5.54. The molecular formula is C10H20ClN. The molecule has 0 unspecified atom stereocenters. The lowest BCUT2D eigenvalue weighted by Gasteiger charge is -2.24. The molecule has 0 saturated carbocycles. The van der Waals surface area contributed by atoms with Crippen LogP contribution in [0.1, 0.15) is 27.2 Å². The van der Waals surface area contributed by atoms with Crippen LogP contribution in [0, 0.1) is 0 Å². The van der Waals surface area contributed by atoms with Gasteiger partial charge in [0.25, 0.3) is 0 Å². The number of nitrogens with zero attached hydrogens (tertiary/aromatic N) is 1. The smallest absolute Gasteiger partial charge is 0.0404 e. The quantitative estimate of drug-likeness (QED) is 0.459. The molecule has 0 atom stereocenters. The van der Waals surface area contributed by atoms with Crippen molar-refractivity contribution in [3.05, 3.63) is 12.2 Å². The summed E-state index contributed by atoms with van der Waals surface area (Å²) in [6.45, 7) is 8.86. The van der Waals surface area contributed by atoms with Gasteiger partial charge < -0.3 is 0 Å². The first-order valence-corrected chi connectivity index (χ1v) is 5.20. The molecule has 0 N–H and O–H groups in total. The van der Waals surface area contributed by atoms with Gasteiger partial charge >= 0.3 is 0 Å². The molecule has 0 aromatic rings. The maximum atomic E-state index is 5.54. The van der Waals surface area contributed by atoms with Crippen LogP contribution in [0.5, 0.6) is 0 Å². The fraction of sp³-hybridized carbons (Fsp3) is 0.800. The van der Waals surface area contributed by atoms with E-state index in [2.05, 4.69) is 31.7 Å². The van der Waals surface area contributed by atoms with Gasteiger partial charge in [-0.3, -0.25) is 4.90 Å². The van der Waals surface area contributed by atoms with E-state index < -0.39 is 0 Å². The van der Waals surface area contributed by atoms with E-state index in [1.807, 2.05) is 6.08 Å². The van der Waals surface area contributed by atoms with Crippen LogP contribution in [-0.2, 0) is 0 Å². The molecule has 0 saturated heterocycles. The topological polar surface area (TPSA) is 3.24 Å². The van der Waals surface area contributed by atoms with Crippen LogP contribution in [0.15, 0.2) is 12.2 Å². The molecule has 0 amide bonds. The molecule has 0 aliphatic heterocycles. The largest absolute Gasteiger partial charge is 0.297 e. The molecule has 0 rings (SSSR count). The predicted molar refractivity (Wildman–Crippen MR) is 56.9 cm³/mol. The van der Waals surface area contributed by atoms with Gasteiger partial charge in [-0.25, -0.2) is 0 Å². The van der Waals surface area contributed by atoms with Crippen LogP contribution in [-0.4, -0.2) is 29.9 Å². The summed E-state index contributed by atoms with van der Waals surface area (Å²) in [5, 5.41) is 0. The number of allylic oxidation sites excluding steroid dienone is 1. The number of rotatable bonds is 6. The van der Waals surface area contributed by atoms with Crippen molar-refractivity contribution in [2.75, 3.05) is 19.0 Å². The molecule has 2 heteroatoms. The zero-order valence-corrected chi connectivity index (χ0v) is 9.14. The van der Waals surface area contributed by atoms with E-state index in [4.69, 9.17) is 11.6 Å². The molecule has 0 radical (unpaired) electrons. The Kier molecular flexibility index (Phi) is 7.62. The second kappa shape index (κ2) is 7.63. The summed E-state index contributed by atoms with van der Waals surface area (Å²) in [4.78, 5) is 2.43. The highest BCUT2D eigenvalue weighted by Gasteiger charge is 2.04. The third-order valence-corrected chi connectivity index (χ3v) is 2.01. The number of hydrogen-bond acceptors (Lipinski definition) is 1. The van der Waals surface area contributed by atoms with Crippen LogP contribution in [0.4, 0.5) is 0 Å². The molecule has 0 heterocycles. The lowest BCUT2D eigenvalue weighted by Crippen LogP contribution is -2.31. The molecule has 0 aromatic heterocycles. The van der Waals surface area contributed by atoms with Gasteiger partial charge in [-0.05, 0) is 26.8 Å². The zero-order chi connectivity index (χ0) is 9.40. The Hall–Kier alpha value is -0.0100. The standard InChI is InChI=1S/C10H20ClN/c1-4-8-12(10(2)3)9-6-5-7-11/h5-6,10H,4,7-9H2,1-3H3. The van der Waals surface area contributed by atoms with Crippen molar-refractivity contribution in [3.8, 4) is 0 Å². The molecule has 0 fully saturated rings. The molecule has 0 spiro atoms. The van der Waals surface area contributed by atoms with Gasteiger partial charge in [0, 0.05) is 18.5 Å². The molecule has 12 heavy (non-hydrogen) atoms. The first-order valence-electron chi connectivity index (χ1n) is 4.67. The molecule has 0 aromatic carbocycles. The van der Waals surface area contributed by atoms with Crippen LogP contribution in [0.3, 0.4) is 0 Å². The van der Waals surface area contributed by atoms with Gasteiger partial charge in [0.2, 0.25) is 0 Å². The normalized spacial score (nSPS) is 12.2. The monoisotopic (exact) mass is 189 g/mol. The van der Waals surface area contributed by atoms with Crippen LogP contribution in [0.2, 0.25) is 0 Å². The van der Waals surface area contributed by atoms with Crippen molar-refractivity contribution in [1.82, 2.24) is 4.90 Å². The summed E-state index contributed by atoms with van der Waals surface area (Å²) < 4.78 is 0. The van der Waals surface area contributed by atoms with Crippen LogP contribution >= 0.6 is 11.6 Å². The van der Waals surface area contributed by atoms with Crippen molar-refractivity contribution in [2.24, 2.45) is 0 Å². The van der Waals surface area contributed by atoms with Gasteiger partial charge in [-0.1, -0.05) is 19.1 Å². The molecule has 72 valence electrons. The van der Waals surface area contributed by atoms with E-state index in [1.165, 1.54) is 13.0 Å². The van der Waals surface area contributed by atoms with E-state index >= 15 is 0 Å². The lowest BCUT2D eigenvalue weighted by molar-refractivity contribution is 0.246. The summed E-state index contributed by atoms with van der Waals surface area (Å²) in [6.07, 6.45) is 5.36. The van der Waals surface area contributed by atoms with Gasteiger partial charge in [0.05, 0.1) is 0 Å². The minimum absolute atomic E-state index is 0.623. The first kappa shape index (κ1) is 12.0. The maximum absolute atomic E-state index is 5.54. The highest BCUT2D eigenvalue weighted by Crippen LogP contribution is 1.99. The lowest BCUT2D eigenvalue weighted by atomic mass is 10.3. The van der Waals surface area contributed by atoms with Crippen molar-refractivity contribution < 1.29 is 0 Å². The van der Waals surface area contributed by atoms with E-state index in [1.54, 1.807) is 0 Å². The highest BCUT2D eigenvalue weighted by molar-refractivity contribution is 6.18. The minimum Gasteiger partial charge on any atom is -0.297 e. The average molecular weight is 190 g/mol. The predicted octanol–water partition coefficient (Wildman–Crippen LogP) is 2.90. The van der Waals surface area contributed by atoms with Crippen molar-refractivity contribution in [1.29, 1.82) is 0 Å². The molecule has 0 bridgehead atoms. The fourth-order valence-electron chi connectivity index (χ4n) is 1.12. The highest BCUT2D eigenvalue weighted by atomic mass is 35.5. The van der Waals surface area contributed by atoms with Crippen molar-refractivity contribution in [3.63, 3.8) is 0 Å². The zero-order valence-electron chi connectivity index (χ0n) is 8.39. The van der Waals surface area contributed by atoms with E-state index in [-0.39, 0.29) is 0 Å². The second-order valence-electron chi connectivity index (χ2n) is 3.21. The SMILES string of the molecule is CCCN(CC=CCCl)C(C)C. The Morgan fingerprint density at radius 1 is 1.33 bits per heavy atom. The van der Waals surface area contributed by atoms with Crippen LogP contribution < -0.4 is 0 Å². The number of hydrogen-bond donors (Lipinski definition) is 0. The first-order chi connectivity index (χ1) is 5.72. The summed E-state index contributed by atoms with van der Waals surface area (Å²) in [7, 11) is 0. The molecule has 0 aliphatic carbocycles. The number of halogens is 1. The summed E-state index contributed by atoms with van der Waals surface area (Å²) in [5.74, 6) is 0.623. The van der Waals surface area contributed by atoms with Gasteiger partial charge in [-0.15, -0.1) is 11.6 Å². The Bertz CT molecular complexity index is 121. The molecule has 0 aliphatic rings. The molecule has 1 nitrogen and oxygen atoms in total. The second-order valence-corrected chi connectivity index (χ2v) is 3.52. The van der Waals surface area contributed by atoms with Crippen molar-refractivity contribution in [2.45, 2.75) is 33.2 Å². The number of alkyl halides is 1. The van der Waals surface area contributed by atoms with Gasteiger partial charge in [0.15, 0.2) is 0 Å². The Morgan fingerprint density at radius 3 is 2.42 bits per heavy atom. The Labute approximate surface area is 81.4 Å². The third-order valence-electron chi connectivity index (χ3n) is 1.84. The van der Waals surface area contributed by atoms with E-state index in [9.17, 15) is 0 Å². The maximum Gasteiger partial charge on any atom is 0.0404 e. The Morgan fingerprint density at radius 2 is 2.00 bits per heavy atom. The molecular weight excluding hydrogens is 170 g/mol. The average Bonchev–Trinajstić information content (AvgIpc) is 2.03. The van der Waals surface area contributed by atoms with Crippen LogP contribution in [0.25, 0.3) is 0 Å². The Balaban J connectivity index is 3.70. The summed E-state index contributed by atoms with van der Waals surface area (Å²) in [6, 6.07) is 0.630. The summed E-state index contributed by atoms with van der Waals surface area (Å²) in [5.41, 5.74) is 0. The van der Waals surface area contributed by atoms with Gasteiger partial charge in [-0.2, -0.15) is 0 Å². The minimum atomic E-state index is 0.623. The third kappa shape index (κ3) is 5.62.